The minimum Gasteiger partial charge on any atom is -0.379 e. The number of hydrogen-bond donors (Lipinski definition) is 1. The Hall–Kier alpha value is -2.39. The first-order valence-corrected chi connectivity index (χ1v) is 13.7. The van der Waals surface area contributed by atoms with E-state index in [1.165, 1.54) is 0 Å². The predicted octanol–water partition coefficient (Wildman–Crippen LogP) is 5.46. The molecule has 1 aliphatic carbocycles. The molecule has 0 radical (unpaired) electrons. The van der Waals surface area contributed by atoms with E-state index in [4.69, 9.17) is 27.9 Å². The maximum absolute atomic E-state index is 15.7. The van der Waals surface area contributed by atoms with E-state index in [0.717, 1.165) is 38.0 Å². The Bertz CT molecular complexity index is 1360. The Kier molecular flexibility index (Phi) is 6.77. The third-order valence-corrected chi connectivity index (χ3v) is 8.60. The standard InChI is InChI=1S/C27H30Cl2FN5O2/c1-33-15-19(28)22-20(33)8-7-18(23(22)30)27(36)35-14-17(34-9-11-37-12-10-34)13-21(35)26-31-24(25(29)32-26)16-5-3-2-4-6-16/h3,5,7-8,15-17,21H,2,4,6,9-14H2,1H3,(H,31,32). The molecule has 4 heterocycles. The summed E-state index contributed by atoms with van der Waals surface area (Å²) < 4.78 is 23.0. The van der Waals surface area contributed by atoms with Gasteiger partial charge in [-0.15, -0.1) is 0 Å². The molecular weight excluding hydrogens is 516 g/mol. The first-order valence-electron chi connectivity index (χ1n) is 12.9. The number of hydrogen-bond acceptors (Lipinski definition) is 4. The number of likely N-dealkylation sites (tertiary alicyclic amines) is 1. The third-order valence-electron chi connectivity index (χ3n) is 8.02. The van der Waals surface area contributed by atoms with Gasteiger partial charge in [-0.1, -0.05) is 35.4 Å². The molecule has 2 saturated heterocycles. The van der Waals surface area contributed by atoms with Gasteiger partial charge in [0.1, 0.15) is 11.6 Å². The van der Waals surface area contributed by atoms with Gasteiger partial charge in [-0.3, -0.25) is 9.69 Å². The van der Waals surface area contributed by atoms with Crippen LogP contribution in [0.4, 0.5) is 4.39 Å². The van der Waals surface area contributed by atoms with E-state index in [9.17, 15) is 4.79 Å². The third kappa shape index (κ3) is 4.48. The molecule has 3 atom stereocenters. The number of amides is 1. The quantitative estimate of drug-likeness (QED) is 0.442. The maximum atomic E-state index is 15.7. The van der Waals surface area contributed by atoms with Crippen molar-refractivity contribution in [1.82, 2.24) is 24.3 Å². The summed E-state index contributed by atoms with van der Waals surface area (Å²) >= 11 is 12.9. The van der Waals surface area contributed by atoms with Crippen molar-refractivity contribution < 1.29 is 13.9 Å². The summed E-state index contributed by atoms with van der Waals surface area (Å²) in [4.78, 5) is 26.2. The normalized spacial score (nSPS) is 24.9. The van der Waals surface area contributed by atoms with Crippen LogP contribution in [0.3, 0.4) is 0 Å². The molecule has 7 nitrogen and oxygen atoms in total. The van der Waals surface area contributed by atoms with Crippen LogP contribution in [0.1, 0.15) is 59.5 Å². The van der Waals surface area contributed by atoms with Crippen molar-refractivity contribution in [3.8, 4) is 0 Å². The van der Waals surface area contributed by atoms with Gasteiger partial charge in [0.05, 0.1) is 46.4 Å². The first kappa shape index (κ1) is 24.9. The monoisotopic (exact) mass is 545 g/mol. The fraction of sp³-hybridized carbons (Fsp3) is 0.481. The number of aromatic amines is 1. The zero-order chi connectivity index (χ0) is 25.7. The van der Waals surface area contributed by atoms with Crippen LogP contribution in [0.2, 0.25) is 10.2 Å². The summed E-state index contributed by atoms with van der Waals surface area (Å²) in [5.41, 5.74) is 1.55. The van der Waals surface area contributed by atoms with Gasteiger partial charge < -0.3 is 19.2 Å². The molecule has 1 N–H and O–H groups in total. The van der Waals surface area contributed by atoms with Crippen LogP contribution in [0.5, 0.6) is 0 Å². The Balaban J connectivity index is 1.36. The van der Waals surface area contributed by atoms with E-state index in [-0.39, 0.29) is 39.9 Å². The van der Waals surface area contributed by atoms with Crippen molar-refractivity contribution in [2.45, 2.75) is 43.7 Å². The highest BCUT2D eigenvalue weighted by molar-refractivity contribution is 6.35. The Labute approximate surface area is 225 Å². The molecule has 3 aliphatic rings. The summed E-state index contributed by atoms with van der Waals surface area (Å²) in [6.07, 6.45) is 9.87. The number of rotatable bonds is 4. The number of carbonyl (C=O) groups is 1. The molecule has 2 aliphatic heterocycles. The number of allylic oxidation sites excluding steroid dienone is 2. The summed E-state index contributed by atoms with van der Waals surface area (Å²) in [7, 11) is 1.80. The van der Waals surface area contributed by atoms with Crippen molar-refractivity contribution in [3.05, 3.63) is 63.6 Å². The topological polar surface area (TPSA) is 66.4 Å². The minimum absolute atomic E-state index is 0.0151. The Morgan fingerprint density at radius 3 is 2.81 bits per heavy atom. The van der Waals surface area contributed by atoms with Crippen LogP contribution in [-0.4, -0.2) is 69.1 Å². The fourth-order valence-electron chi connectivity index (χ4n) is 6.06. The molecule has 37 heavy (non-hydrogen) atoms. The van der Waals surface area contributed by atoms with E-state index < -0.39 is 5.82 Å². The molecule has 196 valence electrons. The van der Waals surface area contributed by atoms with Gasteiger partial charge in [0.2, 0.25) is 0 Å². The van der Waals surface area contributed by atoms with Gasteiger partial charge in [0.15, 0.2) is 5.15 Å². The number of halogens is 3. The van der Waals surface area contributed by atoms with Crippen molar-refractivity contribution in [3.63, 3.8) is 0 Å². The van der Waals surface area contributed by atoms with Crippen LogP contribution < -0.4 is 0 Å². The lowest BCUT2D eigenvalue weighted by Gasteiger charge is -2.31. The molecule has 0 spiro atoms. The highest BCUT2D eigenvalue weighted by Crippen LogP contribution is 2.39. The average Bonchev–Trinajstić information content (AvgIpc) is 3.60. The summed E-state index contributed by atoms with van der Waals surface area (Å²) in [6, 6.07) is 3.08. The second-order valence-electron chi connectivity index (χ2n) is 10.2. The summed E-state index contributed by atoms with van der Waals surface area (Å²) in [5, 5.41) is 0.997. The number of morpholine rings is 1. The van der Waals surface area contributed by atoms with Crippen molar-refractivity contribution in [2.24, 2.45) is 7.05 Å². The van der Waals surface area contributed by atoms with E-state index >= 15 is 4.39 Å². The number of carbonyl (C=O) groups excluding carboxylic acids is 1. The first-order chi connectivity index (χ1) is 17.9. The zero-order valence-corrected chi connectivity index (χ0v) is 22.2. The van der Waals surface area contributed by atoms with Gasteiger partial charge in [0.25, 0.3) is 5.91 Å². The molecular formula is C27H30Cl2FN5O2. The van der Waals surface area contributed by atoms with Crippen molar-refractivity contribution in [2.75, 3.05) is 32.8 Å². The number of H-pyrrole nitrogens is 1. The van der Waals surface area contributed by atoms with Crippen LogP contribution in [0, 0.1) is 5.82 Å². The summed E-state index contributed by atoms with van der Waals surface area (Å²) in [6.45, 7) is 3.41. The molecule has 10 heteroatoms. The minimum atomic E-state index is -0.591. The van der Waals surface area contributed by atoms with Gasteiger partial charge in [-0.25, -0.2) is 9.37 Å². The second kappa shape index (κ2) is 10.1. The predicted molar refractivity (Wildman–Crippen MR) is 142 cm³/mol. The van der Waals surface area contributed by atoms with Crippen LogP contribution in [0.15, 0.2) is 30.5 Å². The molecule has 0 bridgehead atoms. The van der Waals surface area contributed by atoms with E-state index in [2.05, 4.69) is 27.0 Å². The maximum Gasteiger partial charge on any atom is 0.257 e. The molecule has 1 amide bonds. The second-order valence-corrected chi connectivity index (χ2v) is 11.0. The highest BCUT2D eigenvalue weighted by atomic mass is 35.5. The molecule has 0 saturated carbocycles. The molecule has 6 rings (SSSR count). The lowest BCUT2D eigenvalue weighted by molar-refractivity contribution is 0.0184. The molecule has 3 aromatic rings. The lowest BCUT2D eigenvalue weighted by atomic mass is 9.93. The van der Waals surface area contributed by atoms with Crippen molar-refractivity contribution >= 4 is 40.0 Å². The zero-order valence-electron chi connectivity index (χ0n) is 20.7. The van der Waals surface area contributed by atoms with Crippen LogP contribution in [-0.2, 0) is 11.8 Å². The van der Waals surface area contributed by atoms with Gasteiger partial charge in [-0.2, -0.15) is 0 Å². The van der Waals surface area contributed by atoms with Crippen LogP contribution >= 0.6 is 23.2 Å². The SMILES string of the molecule is Cn1cc(Cl)c2c(F)c(C(=O)N3CC(N4CCOCC4)CC3c3nc(Cl)c(C4C=CCCC4)[nH]3)ccc21. The van der Waals surface area contributed by atoms with Gasteiger partial charge in [-0.05, 0) is 37.8 Å². The van der Waals surface area contributed by atoms with E-state index in [0.29, 0.717) is 42.7 Å². The number of imidazole rings is 1. The number of aryl methyl sites for hydroxylation is 1. The number of ether oxygens (including phenoxy) is 1. The molecule has 2 aromatic heterocycles. The number of nitrogens with zero attached hydrogens (tertiary/aromatic N) is 4. The lowest BCUT2D eigenvalue weighted by Crippen LogP contribution is -2.45. The van der Waals surface area contributed by atoms with E-state index in [1.54, 1.807) is 34.8 Å². The van der Waals surface area contributed by atoms with Crippen molar-refractivity contribution in [1.29, 1.82) is 0 Å². The Morgan fingerprint density at radius 1 is 1.24 bits per heavy atom. The number of fused-ring (bicyclic) bond motifs is 1. The number of aromatic nitrogens is 3. The largest absolute Gasteiger partial charge is 0.379 e. The van der Waals surface area contributed by atoms with Gasteiger partial charge in [0, 0.05) is 44.8 Å². The highest BCUT2D eigenvalue weighted by Gasteiger charge is 2.42. The smallest absolute Gasteiger partial charge is 0.257 e. The molecule has 2 fully saturated rings. The summed E-state index contributed by atoms with van der Waals surface area (Å²) in [5.74, 6) is -0.121. The Morgan fingerprint density at radius 2 is 2.05 bits per heavy atom. The number of benzene rings is 1. The molecule has 3 unspecified atom stereocenters. The van der Waals surface area contributed by atoms with Gasteiger partial charge >= 0.3 is 0 Å². The van der Waals surface area contributed by atoms with Crippen LogP contribution in [0.25, 0.3) is 10.9 Å². The molecule has 1 aromatic carbocycles. The fourth-order valence-corrected chi connectivity index (χ4v) is 6.66. The number of nitrogens with one attached hydrogen (secondary N) is 1. The average molecular weight is 546 g/mol. The van der Waals surface area contributed by atoms with E-state index in [1.807, 2.05) is 0 Å².